The van der Waals surface area contributed by atoms with E-state index in [1.54, 1.807) is 6.92 Å². The van der Waals surface area contributed by atoms with E-state index in [1.165, 1.54) is 5.56 Å². The lowest BCUT2D eigenvalue weighted by Gasteiger charge is -2.36. The van der Waals surface area contributed by atoms with Crippen LogP contribution in [0.1, 0.15) is 38.3 Å². The number of likely N-dealkylation sites (tertiary alicyclic amines) is 1. The fourth-order valence-electron chi connectivity index (χ4n) is 2.67. The fraction of sp³-hybridized carbons (Fsp3) is 0.600. The van der Waals surface area contributed by atoms with E-state index >= 15 is 0 Å². The van der Waals surface area contributed by atoms with E-state index in [9.17, 15) is 4.79 Å². The Morgan fingerprint density at radius 1 is 1.53 bits per heavy atom. The van der Waals surface area contributed by atoms with Crippen molar-refractivity contribution in [3.8, 4) is 0 Å². The van der Waals surface area contributed by atoms with Gasteiger partial charge in [-0.05, 0) is 50.4 Å². The number of hydrogen-bond acceptors (Lipinski definition) is 3. The van der Waals surface area contributed by atoms with Gasteiger partial charge in [0.2, 0.25) is 5.91 Å². The third kappa shape index (κ3) is 4.03. The highest BCUT2D eigenvalue weighted by molar-refractivity contribution is 5.72. The predicted molar refractivity (Wildman–Crippen MR) is 75.6 cm³/mol. The van der Waals surface area contributed by atoms with Gasteiger partial charge in [-0.3, -0.25) is 14.7 Å². The molecule has 2 heterocycles. The number of amides is 1. The highest BCUT2D eigenvalue weighted by Crippen LogP contribution is 2.25. The van der Waals surface area contributed by atoms with Crippen LogP contribution in [-0.2, 0) is 4.79 Å². The van der Waals surface area contributed by atoms with Gasteiger partial charge in [0.15, 0.2) is 0 Å². The molecule has 0 aromatic carbocycles. The van der Waals surface area contributed by atoms with Gasteiger partial charge >= 0.3 is 0 Å². The Hall–Kier alpha value is -1.42. The SMILES string of the molecule is CC(=O)NCC1CCN(C(C)c2cccnc2)CC1. The van der Waals surface area contributed by atoms with Crippen molar-refractivity contribution in [2.24, 2.45) is 5.92 Å². The summed E-state index contributed by atoms with van der Waals surface area (Å²) in [4.78, 5) is 17.6. The minimum atomic E-state index is 0.0751. The van der Waals surface area contributed by atoms with E-state index in [0.717, 1.165) is 32.5 Å². The molecular weight excluding hydrogens is 238 g/mol. The lowest BCUT2D eigenvalue weighted by atomic mass is 9.95. The third-order valence-electron chi connectivity index (χ3n) is 4.00. The Labute approximate surface area is 115 Å². The van der Waals surface area contributed by atoms with Crippen LogP contribution in [0.5, 0.6) is 0 Å². The van der Waals surface area contributed by atoms with E-state index in [1.807, 2.05) is 18.5 Å². The van der Waals surface area contributed by atoms with Crippen LogP contribution >= 0.6 is 0 Å². The summed E-state index contributed by atoms with van der Waals surface area (Å²) in [7, 11) is 0. The number of nitrogens with one attached hydrogen (secondary N) is 1. The zero-order chi connectivity index (χ0) is 13.7. The maximum Gasteiger partial charge on any atom is 0.216 e. The largest absolute Gasteiger partial charge is 0.356 e. The quantitative estimate of drug-likeness (QED) is 0.901. The Morgan fingerprint density at radius 3 is 2.84 bits per heavy atom. The lowest BCUT2D eigenvalue weighted by molar-refractivity contribution is -0.119. The van der Waals surface area contributed by atoms with Gasteiger partial charge in [-0.1, -0.05) is 6.07 Å². The van der Waals surface area contributed by atoms with E-state index in [0.29, 0.717) is 12.0 Å². The first-order chi connectivity index (χ1) is 9.16. The molecule has 4 heteroatoms. The molecule has 1 amide bonds. The number of carbonyl (C=O) groups excluding carboxylic acids is 1. The number of hydrogen-bond donors (Lipinski definition) is 1. The van der Waals surface area contributed by atoms with E-state index in [2.05, 4.69) is 28.2 Å². The van der Waals surface area contributed by atoms with Crippen molar-refractivity contribution in [1.82, 2.24) is 15.2 Å². The standard InChI is InChI=1S/C15H23N3O/c1-12(15-4-3-7-16-11-15)18-8-5-14(6-9-18)10-17-13(2)19/h3-4,7,11-12,14H,5-6,8-10H2,1-2H3,(H,17,19). The molecule has 1 aromatic rings. The fourth-order valence-corrected chi connectivity index (χ4v) is 2.67. The summed E-state index contributed by atoms with van der Waals surface area (Å²) in [5.74, 6) is 0.701. The highest BCUT2D eigenvalue weighted by atomic mass is 16.1. The second kappa shape index (κ2) is 6.66. The van der Waals surface area contributed by atoms with Gasteiger partial charge in [-0.2, -0.15) is 0 Å². The second-order valence-electron chi connectivity index (χ2n) is 5.38. The van der Waals surface area contributed by atoms with Crippen molar-refractivity contribution < 1.29 is 4.79 Å². The van der Waals surface area contributed by atoms with Crippen LogP contribution in [0.25, 0.3) is 0 Å². The molecule has 1 N–H and O–H groups in total. The summed E-state index contributed by atoms with van der Waals surface area (Å²) in [5.41, 5.74) is 1.28. The van der Waals surface area contributed by atoms with Crippen LogP contribution in [0.4, 0.5) is 0 Å². The minimum Gasteiger partial charge on any atom is -0.356 e. The average Bonchev–Trinajstić information content (AvgIpc) is 2.46. The maximum absolute atomic E-state index is 10.9. The van der Waals surface area contributed by atoms with Gasteiger partial charge in [0.25, 0.3) is 0 Å². The van der Waals surface area contributed by atoms with Crippen molar-refractivity contribution in [3.63, 3.8) is 0 Å². The van der Waals surface area contributed by atoms with Gasteiger partial charge in [0.1, 0.15) is 0 Å². The molecule has 104 valence electrons. The summed E-state index contributed by atoms with van der Waals surface area (Å²) >= 11 is 0. The third-order valence-corrected chi connectivity index (χ3v) is 4.00. The molecule has 1 fully saturated rings. The molecule has 19 heavy (non-hydrogen) atoms. The summed E-state index contributed by atoms with van der Waals surface area (Å²) in [5, 5.41) is 2.92. The van der Waals surface area contributed by atoms with Crippen molar-refractivity contribution in [2.75, 3.05) is 19.6 Å². The van der Waals surface area contributed by atoms with Gasteiger partial charge in [0, 0.05) is 31.9 Å². The van der Waals surface area contributed by atoms with Gasteiger partial charge in [0.05, 0.1) is 0 Å². The molecule has 0 spiro atoms. The Bertz CT molecular complexity index is 399. The number of rotatable bonds is 4. The molecule has 0 bridgehead atoms. The van der Waals surface area contributed by atoms with Gasteiger partial charge in [-0.25, -0.2) is 0 Å². The highest BCUT2D eigenvalue weighted by Gasteiger charge is 2.23. The molecule has 0 saturated carbocycles. The van der Waals surface area contributed by atoms with Crippen molar-refractivity contribution in [3.05, 3.63) is 30.1 Å². The number of piperidine rings is 1. The molecule has 1 aliphatic heterocycles. The van der Waals surface area contributed by atoms with Crippen molar-refractivity contribution >= 4 is 5.91 Å². The summed E-state index contributed by atoms with van der Waals surface area (Å²) in [6.45, 7) is 6.84. The molecule has 1 aromatic heterocycles. The van der Waals surface area contributed by atoms with Crippen LogP contribution in [0, 0.1) is 5.92 Å². The van der Waals surface area contributed by atoms with E-state index < -0.39 is 0 Å². The van der Waals surface area contributed by atoms with Gasteiger partial charge in [-0.15, -0.1) is 0 Å². The zero-order valence-corrected chi connectivity index (χ0v) is 11.8. The van der Waals surface area contributed by atoms with Crippen LogP contribution in [-0.4, -0.2) is 35.4 Å². The molecule has 1 unspecified atom stereocenters. The molecule has 1 aliphatic rings. The number of pyridine rings is 1. The van der Waals surface area contributed by atoms with E-state index in [-0.39, 0.29) is 5.91 Å². The zero-order valence-electron chi connectivity index (χ0n) is 11.8. The first-order valence-electron chi connectivity index (χ1n) is 7.05. The first kappa shape index (κ1) is 14.0. The lowest BCUT2D eigenvalue weighted by Crippen LogP contribution is -2.39. The van der Waals surface area contributed by atoms with Crippen LogP contribution in [0.2, 0.25) is 0 Å². The Kier molecular flexibility index (Phi) is 4.91. The number of carbonyl (C=O) groups is 1. The normalized spacial score (nSPS) is 19.1. The molecule has 4 nitrogen and oxygen atoms in total. The van der Waals surface area contributed by atoms with E-state index in [4.69, 9.17) is 0 Å². The molecule has 0 aliphatic carbocycles. The molecule has 2 rings (SSSR count). The minimum absolute atomic E-state index is 0.0751. The predicted octanol–water partition coefficient (Wildman–Crippen LogP) is 1.99. The van der Waals surface area contributed by atoms with Crippen LogP contribution < -0.4 is 5.32 Å². The molecule has 1 atom stereocenters. The van der Waals surface area contributed by atoms with Crippen molar-refractivity contribution in [2.45, 2.75) is 32.7 Å². The summed E-state index contributed by atoms with van der Waals surface area (Å²) in [6, 6.07) is 4.56. The first-order valence-corrected chi connectivity index (χ1v) is 7.05. The Morgan fingerprint density at radius 2 is 2.26 bits per heavy atom. The summed E-state index contributed by atoms with van der Waals surface area (Å²) < 4.78 is 0. The summed E-state index contributed by atoms with van der Waals surface area (Å²) in [6.07, 6.45) is 6.08. The monoisotopic (exact) mass is 261 g/mol. The average molecular weight is 261 g/mol. The molecular formula is C15H23N3O. The van der Waals surface area contributed by atoms with Gasteiger partial charge < -0.3 is 5.32 Å². The van der Waals surface area contributed by atoms with Crippen LogP contribution in [0.15, 0.2) is 24.5 Å². The molecule has 1 saturated heterocycles. The van der Waals surface area contributed by atoms with Crippen LogP contribution in [0.3, 0.4) is 0 Å². The number of nitrogens with zero attached hydrogens (tertiary/aromatic N) is 2. The van der Waals surface area contributed by atoms with Crippen molar-refractivity contribution in [1.29, 1.82) is 0 Å². The smallest absolute Gasteiger partial charge is 0.216 e. The maximum atomic E-state index is 10.9. The molecule has 0 radical (unpaired) electrons. The Balaban J connectivity index is 1.81. The number of aromatic nitrogens is 1. The topological polar surface area (TPSA) is 45.2 Å². The second-order valence-corrected chi connectivity index (χ2v) is 5.38.